The molecule has 0 aliphatic carbocycles. The molecule has 0 aliphatic heterocycles. The fourth-order valence-electron chi connectivity index (χ4n) is 1.93. The van der Waals surface area contributed by atoms with Gasteiger partial charge in [0.05, 0.1) is 24.5 Å². The van der Waals surface area contributed by atoms with Crippen LogP contribution in [0.25, 0.3) is 0 Å². The third-order valence-electron chi connectivity index (χ3n) is 3.12. The number of carbonyl (C=O) groups excluding carboxylic acids is 1. The molecule has 0 radical (unpaired) electrons. The van der Waals surface area contributed by atoms with Crippen LogP contribution in [-0.4, -0.2) is 36.4 Å². The maximum Gasteiger partial charge on any atom is 0.311 e. The predicted octanol–water partition coefficient (Wildman–Crippen LogP) is 2.48. The molecular weight excluding hydrogens is 248 g/mol. The van der Waals surface area contributed by atoms with E-state index < -0.39 is 23.9 Å². The predicted molar refractivity (Wildman–Crippen MR) is 71.9 cm³/mol. The van der Waals surface area contributed by atoms with Gasteiger partial charge in [0.1, 0.15) is 0 Å². The molecular formula is C14H26O5. The first kappa shape index (κ1) is 17.9. The molecule has 0 saturated heterocycles. The van der Waals surface area contributed by atoms with Crippen molar-refractivity contribution < 1.29 is 24.2 Å². The first-order valence-electron chi connectivity index (χ1n) is 7.00. The van der Waals surface area contributed by atoms with Crippen molar-refractivity contribution >= 4 is 11.9 Å². The summed E-state index contributed by atoms with van der Waals surface area (Å²) < 4.78 is 10.6. The lowest BCUT2D eigenvalue weighted by Gasteiger charge is -2.27. The number of hydrogen-bond acceptors (Lipinski definition) is 4. The van der Waals surface area contributed by atoms with Crippen LogP contribution in [0.5, 0.6) is 0 Å². The van der Waals surface area contributed by atoms with Crippen LogP contribution in [0.3, 0.4) is 0 Å². The molecule has 3 atom stereocenters. The fraction of sp³-hybridized carbons (Fsp3) is 0.857. The smallest absolute Gasteiger partial charge is 0.311 e. The van der Waals surface area contributed by atoms with Crippen molar-refractivity contribution in [2.24, 2.45) is 11.8 Å². The number of carboxylic acids is 1. The third-order valence-corrected chi connectivity index (χ3v) is 3.12. The summed E-state index contributed by atoms with van der Waals surface area (Å²) >= 11 is 0. The van der Waals surface area contributed by atoms with Crippen LogP contribution in [0, 0.1) is 11.8 Å². The Balaban J connectivity index is 4.66. The molecule has 19 heavy (non-hydrogen) atoms. The number of aliphatic carboxylic acids is 1. The summed E-state index contributed by atoms with van der Waals surface area (Å²) in [7, 11) is 0. The molecule has 0 aliphatic rings. The Bertz CT molecular complexity index is 277. The molecule has 0 aromatic carbocycles. The van der Waals surface area contributed by atoms with Crippen LogP contribution in [0.1, 0.15) is 47.0 Å². The monoisotopic (exact) mass is 274 g/mol. The van der Waals surface area contributed by atoms with E-state index in [0.29, 0.717) is 19.6 Å². The minimum atomic E-state index is -0.936. The number of carbonyl (C=O) groups is 2. The highest BCUT2D eigenvalue weighted by Gasteiger charge is 2.35. The Hall–Kier alpha value is -1.10. The molecule has 0 heterocycles. The van der Waals surface area contributed by atoms with Gasteiger partial charge in [0.25, 0.3) is 0 Å². The standard InChI is InChI=1S/C14H26O5/c1-5-8-9-19-14(17)10(4)12(18-7-3)11(6-2)13(15)16/h10-12H,5-9H2,1-4H3,(H,15,16). The number of unbranched alkanes of at least 4 members (excludes halogenated alkanes) is 1. The van der Waals surface area contributed by atoms with Crippen LogP contribution < -0.4 is 0 Å². The van der Waals surface area contributed by atoms with Crippen molar-refractivity contribution in [3.8, 4) is 0 Å². The lowest BCUT2D eigenvalue weighted by Crippen LogP contribution is -2.39. The molecule has 0 aromatic heterocycles. The normalized spacial score (nSPS) is 15.6. The molecule has 3 unspecified atom stereocenters. The van der Waals surface area contributed by atoms with Gasteiger partial charge in [-0.05, 0) is 26.7 Å². The van der Waals surface area contributed by atoms with E-state index in [-0.39, 0.29) is 5.97 Å². The van der Waals surface area contributed by atoms with E-state index >= 15 is 0 Å². The second kappa shape index (κ2) is 9.78. The second-order valence-corrected chi connectivity index (χ2v) is 4.58. The average molecular weight is 274 g/mol. The van der Waals surface area contributed by atoms with Crippen molar-refractivity contribution in [2.45, 2.75) is 53.1 Å². The van der Waals surface area contributed by atoms with Gasteiger partial charge in [-0.15, -0.1) is 0 Å². The lowest BCUT2D eigenvalue weighted by atomic mass is 9.90. The molecule has 5 nitrogen and oxygen atoms in total. The van der Waals surface area contributed by atoms with Crippen LogP contribution in [0.4, 0.5) is 0 Å². The van der Waals surface area contributed by atoms with E-state index in [1.807, 2.05) is 6.92 Å². The Morgan fingerprint density at radius 2 is 1.84 bits per heavy atom. The maximum atomic E-state index is 11.9. The van der Waals surface area contributed by atoms with Gasteiger partial charge >= 0.3 is 11.9 Å². The van der Waals surface area contributed by atoms with Crippen molar-refractivity contribution in [3.63, 3.8) is 0 Å². The maximum absolute atomic E-state index is 11.9. The summed E-state index contributed by atoms with van der Waals surface area (Å²) in [5.41, 5.74) is 0. The van der Waals surface area contributed by atoms with Gasteiger partial charge in [-0.25, -0.2) is 0 Å². The van der Waals surface area contributed by atoms with E-state index in [1.54, 1.807) is 20.8 Å². The number of ether oxygens (including phenoxy) is 2. The van der Waals surface area contributed by atoms with Crippen LogP contribution >= 0.6 is 0 Å². The molecule has 0 fully saturated rings. The Morgan fingerprint density at radius 1 is 1.21 bits per heavy atom. The Labute approximate surface area is 115 Å². The van der Waals surface area contributed by atoms with Gasteiger partial charge in [0.2, 0.25) is 0 Å². The number of esters is 1. The quantitative estimate of drug-likeness (QED) is 0.489. The zero-order valence-electron chi connectivity index (χ0n) is 12.3. The first-order valence-corrected chi connectivity index (χ1v) is 7.00. The molecule has 0 aromatic rings. The second-order valence-electron chi connectivity index (χ2n) is 4.58. The minimum Gasteiger partial charge on any atom is -0.481 e. The summed E-state index contributed by atoms with van der Waals surface area (Å²) in [4.78, 5) is 23.1. The lowest BCUT2D eigenvalue weighted by molar-refractivity contribution is -0.160. The van der Waals surface area contributed by atoms with Gasteiger partial charge in [0, 0.05) is 6.61 Å². The van der Waals surface area contributed by atoms with Crippen LogP contribution in [0.15, 0.2) is 0 Å². The van der Waals surface area contributed by atoms with Crippen molar-refractivity contribution in [2.75, 3.05) is 13.2 Å². The molecule has 0 rings (SSSR count). The molecule has 5 heteroatoms. The van der Waals surface area contributed by atoms with Gasteiger partial charge < -0.3 is 14.6 Å². The van der Waals surface area contributed by atoms with E-state index in [0.717, 1.165) is 12.8 Å². The highest BCUT2D eigenvalue weighted by atomic mass is 16.5. The molecule has 0 saturated carbocycles. The van der Waals surface area contributed by atoms with Gasteiger partial charge in [-0.2, -0.15) is 0 Å². The van der Waals surface area contributed by atoms with Gasteiger partial charge in [0.15, 0.2) is 0 Å². The number of rotatable bonds is 10. The molecule has 0 amide bonds. The average Bonchev–Trinajstić information content (AvgIpc) is 2.37. The van der Waals surface area contributed by atoms with Crippen LogP contribution in [-0.2, 0) is 19.1 Å². The van der Waals surface area contributed by atoms with Crippen molar-refractivity contribution in [1.29, 1.82) is 0 Å². The van der Waals surface area contributed by atoms with Crippen molar-refractivity contribution in [3.05, 3.63) is 0 Å². The van der Waals surface area contributed by atoms with E-state index in [9.17, 15) is 14.7 Å². The van der Waals surface area contributed by atoms with E-state index in [1.165, 1.54) is 0 Å². The summed E-state index contributed by atoms with van der Waals surface area (Å²) in [5, 5.41) is 9.18. The minimum absolute atomic E-state index is 0.376. The summed E-state index contributed by atoms with van der Waals surface area (Å²) in [6.07, 6.45) is 1.55. The summed E-state index contributed by atoms with van der Waals surface area (Å²) in [5.74, 6) is -2.58. The van der Waals surface area contributed by atoms with Crippen LogP contribution in [0.2, 0.25) is 0 Å². The topological polar surface area (TPSA) is 72.8 Å². The van der Waals surface area contributed by atoms with E-state index in [4.69, 9.17) is 9.47 Å². The Kier molecular flexibility index (Phi) is 9.21. The largest absolute Gasteiger partial charge is 0.481 e. The molecule has 0 bridgehead atoms. The first-order chi connectivity index (χ1) is 8.99. The fourth-order valence-corrected chi connectivity index (χ4v) is 1.93. The summed E-state index contributed by atoms with van der Waals surface area (Å²) in [6, 6.07) is 0. The zero-order chi connectivity index (χ0) is 14.8. The third kappa shape index (κ3) is 6.05. The van der Waals surface area contributed by atoms with E-state index in [2.05, 4.69) is 0 Å². The highest BCUT2D eigenvalue weighted by Crippen LogP contribution is 2.22. The SMILES string of the molecule is CCCCOC(=O)C(C)C(OCC)C(CC)C(=O)O. The molecule has 112 valence electrons. The van der Waals surface area contributed by atoms with Gasteiger partial charge in [-0.1, -0.05) is 20.3 Å². The number of hydrogen-bond donors (Lipinski definition) is 1. The summed E-state index contributed by atoms with van der Waals surface area (Å²) in [6.45, 7) is 8.00. The molecule has 0 spiro atoms. The molecule has 1 N–H and O–H groups in total. The Morgan fingerprint density at radius 3 is 2.26 bits per heavy atom. The number of carboxylic acid groups (broad SMARTS) is 1. The zero-order valence-corrected chi connectivity index (χ0v) is 12.3. The highest BCUT2D eigenvalue weighted by molar-refractivity contribution is 5.76. The van der Waals surface area contributed by atoms with Gasteiger partial charge in [-0.3, -0.25) is 9.59 Å². The van der Waals surface area contributed by atoms with Crippen molar-refractivity contribution in [1.82, 2.24) is 0 Å².